The second-order valence-corrected chi connectivity index (χ2v) is 5.29. The third-order valence-corrected chi connectivity index (χ3v) is 3.98. The number of hydrogen-bond donors (Lipinski definition) is 3. The van der Waals surface area contributed by atoms with Gasteiger partial charge in [-0.3, -0.25) is 4.79 Å². The molecule has 1 amide bonds. The highest BCUT2D eigenvalue weighted by Crippen LogP contribution is 2.20. The van der Waals surface area contributed by atoms with Gasteiger partial charge in [-0.15, -0.1) is 0 Å². The summed E-state index contributed by atoms with van der Waals surface area (Å²) in [5.74, 6) is -0.624. The van der Waals surface area contributed by atoms with Crippen LogP contribution in [0.2, 0.25) is 0 Å². The number of aliphatic carboxylic acids is 1. The first kappa shape index (κ1) is 15.0. The van der Waals surface area contributed by atoms with Gasteiger partial charge in [-0.1, -0.05) is 20.3 Å². The van der Waals surface area contributed by atoms with Gasteiger partial charge >= 0.3 is 5.97 Å². The van der Waals surface area contributed by atoms with Crippen molar-refractivity contribution in [1.29, 1.82) is 0 Å². The van der Waals surface area contributed by atoms with E-state index in [1.807, 2.05) is 0 Å². The molecule has 1 saturated heterocycles. The van der Waals surface area contributed by atoms with Crippen molar-refractivity contribution < 1.29 is 14.7 Å². The molecule has 1 fully saturated rings. The molecule has 0 aromatic heterocycles. The number of nitrogens with one attached hydrogen (secondary N) is 2. The Kier molecular flexibility index (Phi) is 5.14. The molecule has 0 radical (unpaired) electrons. The molecule has 3 atom stereocenters. The quantitative estimate of drug-likeness (QED) is 0.689. The van der Waals surface area contributed by atoms with Crippen LogP contribution in [-0.4, -0.2) is 35.1 Å². The Bertz CT molecular complexity index is 319. The first-order valence-corrected chi connectivity index (χ1v) is 6.71. The standard InChI is InChI=1S/C13H24N2O3/c1-4-9-6-7-14-10(8-9)11(16)15-13(3,5-2)12(17)18/h9-10,14H,4-8H2,1-3H3,(H,15,16)(H,17,18). The average molecular weight is 256 g/mol. The SMILES string of the molecule is CCC1CCNC(C(=O)NC(C)(CC)C(=O)O)C1. The molecule has 0 spiro atoms. The summed E-state index contributed by atoms with van der Waals surface area (Å²) in [5, 5.41) is 15.0. The van der Waals surface area contributed by atoms with Gasteiger partial charge in [0.05, 0.1) is 6.04 Å². The van der Waals surface area contributed by atoms with Crippen LogP contribution in [0.4, 0.5) is 0 Å². The van der Waals surface area contributed by atoms with E-state index in [0.717, 1.165) is 25.8 Å². The topological polar surface area (TPSA) is 78.4 Å². The Morgan fingerprint density at radius 2 is 2.11 bits per heavy atom. The van der Waals surface area contributed by atoms with Gasteiger partial charge in [0, 0.05) is 0 Å². The highest BCUT2D eigenvalue weighted by atomic mass is 16.4. The van der Waals surface area contributed by atoms with Crippen molar-refractivity contribution in [1.82, 2.24) is 10.6 Å². The molecule has 0 saturated carbocycles. The van der Waals surface area contributed by atoms with Crippen molar-refractivity contribution in [2.75, 3.05) is 6.54 Å². The Morgan fingerprint density at radius 1 is 1.44 bits per heavy atom. The number of piperidine rings is 1. The zero-order valence-electron chi connectivity index (χ0n) is 11.5. The van der Waals surface area contributed by atoms with E-state index < -0.39 is 11.5 Å². The van der Waals surface area contributed by atoms with Crippen molar-refractivity contribution in [2.24, 2.45) is 5.92 Å². The molecular formula is C13H24N2O3. The van der Waals surface area contributed by atoms with E-state index in [1.54, 1.807) is 13.8 Å². The van der Waals surface area contributed by atoms with E-state index in [4.69, 9.17) is 5.11 Å². The molecule has 1 aliphatic heterocycles. The van der Waals surface area contributed by atoms with Crippen molar-refractivity contribution in [3.63, 3.8) is 0 Å². The normalized spacial score (nSPS) is 27.3. The second kappa shape index (κ2) is 6.18. The van der Waals surface area contributed by atoms with E-state index in [-0.39, 0.29) is 11.9 Å². The summed E-state index contributed by atoms with van der Waals surface area (Å²) in [7, 11) is 0. The van der Waals surface area contributed by atoms with Gasteiger partial charge in [0.1, 0.15) is 5.54 Å². The molecule has 1 aliphatic rings. The van der Waals surface area contributed by atoms with Crippen molar-refractivity contribution in [3.05, 3.63) is 0 Å². The number of carbonyl (C=O) groups excluding carboxylic acids is 1. The molecule has 0 aliphatic carbocycles. The summed E-state index contributed by atoms with van der Waals surface area (Å²) < 4.78 is 0. The molecule has 0 aromatic rings. The minimum Gasteiger partial charge on any atom is -0.480 e. The number of carboxylic acid groups (broad SMARTS) is 1. The van der Waals surface area contributed by atoms with Crippen LogP contribution in [0.3, 0.4) is 0 Å². The van der Waals surface area contributed by atoms with E-state index in [1.165, 1.54) is 0 Å². The van der Waals surface area contributed by atoms with Gasteiger partial charge in [-0.25, -0.2) is 4.79 Å². The Morgan fingerprint density at radius 3 is 2.61 bits per heavy atom. The zero-order valence-corrected chi connectivity index (χ0v) is 11.5. The van der Waals surface area contributed by atoms with Crippen molar-refractivity contribution in [2.45, 2.75) is 58.0 Å². The Hall–Kier alpha value is -1.10. The predicted octanol–water partition coefficient (Wildman–Crippen LogP) is 1.13. The van der Waals surface area contributed by atoms with Gasteiger partial charge < -0.3 is 15.7 Å². The number of amides is 1. The smallest absolute Gasteiger partial charge is 0.329 e. The summed E-state index contributed by atoms with van der Waals surface area (Å²) in [6.07, 6.45) is 3.32. The molecule has 0 aromatic carbocycles. The minimum absolute atomic E-state index is 0.195. The molecule has 3 unspecified atom stereocenters. The van der Waals surface area contributed by atoms with Crippen molar-refractivity contribution >= 4 is 11.9 Å². The predicted molar refractivity (Wildman–Crippen MR) is 69.3 cm³/mol. The first-order chi connectivity index (χ1) is 8.42. The third-order valence-electron chi connectivity index (χ3n) is 3.98. The maximum absolute atomic E-state index is 12.1. The maximum Gasteiger partial charge on any atom is 0.329 e. The van der Waals surface area contributed by atoms with E-state index in [2.05, 4.69) is 17.6 Å². The van der Waals surface area contributed by atoms with Gasteiger partial charge in [0.2, 0.25) is 5.91 Å². The number of carboxylic acids is 1. The summed E-state index contributed by atoms with van der Waals surface area (Å²) in [5.41, 5.74) is -1.17. The van der Waals surface area contributed by atoms with Crippen LogP contribution in [0.15, 0.2) is 0 Å². The van der Waals surface area contributed by atoms with Crippen LogP contribution in [0.1, 0.15) is 46.5 Å². The van der Waals surface area contributed by atoms with Crippen LogP contribution in [0, 0.1) is 5.92 Å². The average Bonchev–Trinajstić information content (AvgIpc) is 2.38. The molecular weight excluding hydrogens is 232 g/mol. The molecule has 18 heavy (non-hydrogen) atoms. The fourth-order valence-electron chi connectivity index (χ4n) is 2.22. The van der Waals surface area contributed by atoms with Gasteiger partial charge in [0.15, 0.2) is 0 Å². The van der Waals surface area contributed by atoms with Crippen LogP contribution in [0.25, 0.3) is 0 Å². The molecule has 3 N–H and O–H groups in total. The molecule has 0 bridgehead atoms. The molecule has 1 heterocycles. The van der Waals surface area contributed by atoms with Gasteiger partial charge in [-0.05, 0) is 38.6 Å². The minimum atomic E-state index is -1.17. The Labute approximate surface area is 108 Å². The lowest BCUT2D eigenvalue weighted by atomic mass is 9.89. The van der Waals surface area contributed by atoms with Gasteiger partial charge in [0.25, 0.3) is 0 Å². The van der Waals surface area contributed by atoms with E-state index in [0.29, 0.717) is 12.3 Å². The zero-order chi connectivity index (χ0) is 13.8. The first-order valence-electron chi connectivity index (χ1n) is 6.71. The molecule has 1 rings (SSSR count). The van der Waals surface area contributed by atoms with E-state index >= 15 is 0 Å². The summed E-state index contributed by atoms with van der Waals surface area (Å²) >= 11 is 0. The largest absolute Gasteiger partial charge is 0.480 e. The van der Waals surface area contributed by atoms with Crippen LogP contribution in [-0.2, 0) is 9.59 Å². The molecule has 104 valence electrons. The number of rotatable bonds is 5. The fourth-order valence-corrected chi connectivity index (χ4v) is 2.22. The van der Waals surface area contributed by atoms with Crippen LogP contribution < -0.4 is 10.6 Å². The summed E-state index contributed by atoms with van der Waals surface area (Å²) in [6, 6.07) is -0.256. The Balaban J connectivity index is 2.61. The van der Waals surface area contributed by atoms with Crippen LogP contribution in [0.5, 0.6) is 0 Å². The lowest BCUT2D eigenvalue weighted by Crippen LogP contribution is -2.58. The molecule has 5 nitrogen and oxygen atoms in total. The number of carbonyl (C=O) groups is 2. The monoisotopic (exact) mass is 256 g/mol. The highest BCUT2D eigenvalue weighted by molar-refractivity contribution is 5.89. The summed E-state index contributed by atoms with van der Waals surface area (Å²) in [6.45, 7) is 6.26. The molecule has 5 heteroatoms. The lowest BCUT2D eigenvalue weighted by molar-refractivity contribution is -0.147. The third kappa shape index (κ3) is 3.45. The fraction of sp³-hybridized carbons (Fsp3) is 0.846. The van der Waals surface area contributed by atoms with Gasteiger partial charge in [-0.2, -0.15) is 0 Å². The van der Waals surface area contributed by atoms with E-state index in [9.17, 15) is 9.59 Å². The van der Waals surface area contributed by atoms with Crippen LogP contribution >= 0.6 is 0 Å². The maximum atomic E-state index is 12.1. The summed E-state index contributed by atoms with van der Waals surface area (Å²) in [4.78, 5) is 23.3. The lowest BCUT2D eigenvalue weighted by Gasteiger charge is -2.32. The number of hydrogen-bond acceptors (Lipinski definition) is 3. The van der Waals surface area contributed by atoms with Crippen molar-refractivity contribution in [3.8, 4) is 0 Å². The highest BCUT2D eigenvalue weighted by Gasteiger charge is 2.36. The second-order valence-electron chi connectivity index (χ2n) is 5.29.